The largest absolute Gasteiger partial charge is 0.454 e. The second-order valence-electron chi connectivity index (χ2n) is 8.34. The molecule has 4 heterocycles. The van der Waals surface area contributed by atoms with Gasteiger partial charge in [-0.1, -0.05) is 35.4 Å². The SMILES string of the molecule is c1ccc(CCCN[C@@H]2CO[C@@H]3[C@@H]2OC[C@@H]3n2nnnc2Oc2ccc3c(c2)OCO3)cc1. The van der Waals surface area contributed by atoms with Crippen LogP contribution in [0.4, 0.5) is 0 Å². The van der Waals surface area contributed by atoms with Crippen LogP contribution in [0, 0.1) is 0 Å². The summed E-state index contributed by atoms with van der Waals surface area (Å²) in [6.45, 7) is 2.17. The molecule has 0 spiro atoms. The second-order valence-corrected chi connectivity index (χ2v) is 8.34. The van der Waals surface area contributed by atoms with Gasteiger partial charge in [-0.15, -0.1) is 0 Å². The van der Waals surface area contributed by atoms with Crippen LogP contribution >= 0.6 is 0 Å². The molecule has 0 unspecified atom stereocenters. The number of fused-ring (bicyclic) bond motifs is 2. The summed E-state index contributed by atoms with van der Waals surface area (Å²) in [7, 11) is 0. The van der Waals surface area contributed by atoms with Crippen LogP contribution in [-0.2, 0) is 15.9 Å². The van der Waals surface area contributed by atoms with Crippen LogP contribution in [0.3, 0.4) is 0 Å². The Morgan fingerprint density at radius 2 is 1.88 bits per heavy atom. The molecule has 10 heteroatoms. The Bertz CT molecular complexity index is 1090. The van der Waals surface area contributed by atoms with Gasteiger partial charge >= 0.3 is 6.01 Å². The van der Waals surface area contributed by atoms with Crippen molar-refractivity contribution in [2.24, 2.45) is 0 Å². The third-order valence-corrected chi connectivity index (χ3v) is 6.25. The fourth-order valence-electron chi connectivity index (χ4n) is 4.60. The summed E-state index contributed by atoms with van der Waals surface area (Å²) in [5.41, 5.74) is 1.35. The standard InChI is InChI=1S/C23H25N5O5/c1-2-5-15(6-3-1)7-4-10-24-17-12-29-22-18(13-30-21(17)22)28-23(25-26-27-28)33-16-8-9-19-20(11-16)32-14-31-19/h1-3,5-6,8-9,11,17-18,21-22,24H,4,7,10,12-14H2/t17-,18+,21-,22+/m1/s1. The summed E-state index contributed by atoms with van der Waals surface area (Å²) >= 11 is 0. The highest BCUT2D eigenvalue weighted by molar-refractivity contribution is 5.47. The van der Waals surface area contributed by atoms with E-state index < -0.39 is 0 Å². The van der Waals surface area contributed by atoms with E-state index in [2.05, 4.69) is 45.1 Å². The van der Waals surface area contributed by atoms with Gasteiger partial charge in [0.15, 0.2) is 11.5 Å². The number of ether oxygens (including phenoxy) is 5. The average molecular weight is 451 g/mol. The third-order valence-electron chi connectivity index (χ3n) is 6.25. The second kappa shape index (κ2) is 8.97. The van der Waals surface area contributed by atoms with Crippen LogP contribution in [0.15, 0.2) is 48.5 Å². The van der Waals surface area contributed by atoms with Crippen molar-refractivity contribution < 1.29 is 23.7 Å². The molecule has 4 atom stereocenters. The van der Waals surface area contributed by atoms with Gasteiger partial charge in [0.25, 0.3) is 0 Å². The van der Waals surface area contributed by atoms with Crippen LogP contribution in [-0.4, -0.2) is 65.0 Å². The first-order valence-electron chi connectivity index (χ1n) is 11.2. The van der Waals surface area contributed by atoms with E-state index in [-0.39, 0.29) is 37.1 Å². The Morgan fingerprint density at radius 1 is 1.00 bits per heavy atom. The molecule has 2 fully saturated rings. The topological polar surface area (TPSA) is 102 Å². The number of aromatic nitrogens is 4. The van der Waals surface area contributed by atoms with Crippen molar-refractivity contribution in [3.8, 4) is 23.3 Å². The number of aryl methyl sites for hydroxylation is 1. The molecule has 2 aromatic carbocycles. The van der Waals surface area contributed by atoms with Crippen molar-refractivity contribution in [3.05, 3.63) is 54.1 Å². The van der Waals surface area contributed by atoms with Crippen LogP contribution in [0.1, 0.15) is 18.0 Å². The van der Waals surface area contributed by atoms with E-state index in [1.54, 1.807) is 22.9 Å². The van der Waals surface area contributed by atoms with E-state index in [9.17, 15) is 0 Å². The molecule has 10 nitrogen and oxygen atoms in total. The summed E-state index contributed by atoms with van der Waals surface area (Å²) in [5, 5.41) is 15.6. The number of hydrogen-bond donors (Lipinski definition) is 1. The molecular weight excluding hydrogens is 426 g/mol. The average Bonchev–Trinajstić information content (AvgIpc) is 3.62. The van der Waals surface area contributed by atoms with Crippen molar-refractivity contribution in [1.29, 1.82) is 0 Å². The fourth-order valence-corrected chi connectivity index (χ4v) is 4.60. The maximum Gasteiger partial charge on any atom is 0.341 e. The van der Waals surface area contributed by atoms with Crippen molar-refractivity contribution >= 4 is 0 Å². The summed E-state index contributed by atoms with van der Waals surface area (Å²) in [4.78, 5) is 0. The lowest BCUT2D eigenvalue weighted by Gasteiger charge is -2.18. The maximum absolute atomic E-state index is 6.11. The Balaban J connectivity index is 1.06. The van der Waals surface area contributed by atoms with Crippen LogP contribution < -0.4 is 19.5 Å². The van der Waals surface area contributed by atoms with E-state index in [0.29, 0.717) is 30.5 Å². The van der Waals surface area contributed by atoms with Gasteiger partial charge in [0, 0.05) is 6.07 Å². The van der Waals surface area contributed by atoms with E-state index in [1.807, 2.05) is 6.07 Å². The first-order chi connectivity index (χ1) is 16.3. The van der Waals surface area contributed by atoms with Crippen molar-refractivity contribution in [1.82, 2.24) is 25.5 Å². The molecule has 0 amide bonds. The molecule has 1 N–H and O–H groups in total. The molecule has 0 saturated carbocycles. The number of rotatable bonds is 8. The minimum Gasteiger partial charge on any atom is -0.454 e. The van der Waals surface area contributed by atoms with Crippen molar-refractivity contribution in [2.75, 3.05) is 26.6 Å². The van der Waals surface area contributed by atoms with E-state index in [1.165, 1.54) is 5.56 Å². The lowest BCUT2D eigenvalue weighted by molar-refractivity contribution is 0.0611. The molecule has 1 aromatic heterocycles. The molecule has 3 aliphatic heterocycles. The van der Waals surface area contributed by atoms with Gasteiger partial charge in [0.05, 0.1) is 19.3 Å². The summed E-state index contributed by atoms with van der Waals surface area (Å²) in [6, 6.07) is 16.1. The number of hydrogen-bond acceptors (Lipinski definition) is 9. The zero-order valence-corrected chi connectivity index (χ0v) is 18.0. The maximum atomic E-state index is 6.11. The van der Waals surface area contributed by atoms with Gasteiger partial charge in [-0.2, -0.15) is 4.68 Å². The van der Waals surface area contributed by atoms with Crippen LogP contribution in [0.2, 0.25) is 0 Å². The molecule has 6 rings (SSSR count). The van der Waals surface area contributed by atoms with Crippen LogP contribution in [0.5, 0.6) is 23.3 Å². The zero-order chi connectivity index (χ0) is 22.0. The summed E-state index contributed by atoms with van der Waals surface area (Å²) < 4.78 is 30.6. The van der Waals surface area contributed by atoms with Crippen molar-refractivity contribution in [3.63, 3.8) is 0 Å². The molecule has 2 saturated heterocycles. The molecule has 172 valence electrons. The molecule has 3 aliphatic rings. The third kappa shape index (κ3) is 4.12. The van der Waals surface area contributed by atoms with Gasteiger partial charge in [0.1, 0.15) is 24.0 Å². The van der Waals surface area contributed by atoms with E-state index in [4.69, 9.17) is 23.7 Å². The van der Waals surface area contributed by atoms with Gasteiger partial charge < -0.3 is 29.0 Å². The summed E-state index contributed by atoms with van der Waals surface area (Å²) in [6.07, 6.45) is 1.92. The fraction of sp³-hybridized carbons (Fsp3) is 0.435. The molecule has 0 bridgehead atoms. The Labute approximate surface area is 190 Å². The number of benzene rings is 2. The molecule has 33 heavy (non-hydrogen) atoms. The summed E-state index contributed by atoms with van der Waals surface area (Å²) in [5.74, 6) is 1.89. The lowest BCUT2D eigenvalue weighted by atomic mass is 10.1. The predicted molar refractivity (Wildman–Crippen MR) is 116 cm³/mol. The number of nitrogens with zero attached hydrogens (tertiary/aromatic N) is 4. The van der Waals surface area contributed by atoms with Gasteiger partial charge in [-0.25, -0.2) is 0 Å². The highest BCUT2D eigenvalue weighted by Gasteiger charge is 2.49. The predicted octanol–water partition coefficient (Wildman–Crippen LogP) is 2.12. The Hall–Kier alpha value is -3.21. The quantitative estimate of drug-likeness (QED) is 0.516. The molecule has 0 aliphatic carbocycles. The van der Waals surface area contributed by atoms with E-state index >= 15 is 0 Å². The van der Waals surface area contributed by atoms with Gasteiger partial charge in [0.2, 0.25) is 6.79 Å². The van der Waals surface area contributed by atoms with Crippen molar-refractivity contribution in [2.45, 2.75) is 37.1 Å². The zero-order valence-electron chi connectivity index (χ0n) is 18.0. The normalized spacial score (nSPS) is 25.3. The monoisotopic (exact) mass is 451 g/mol. The number of nitrogens with one attached hydrogen (secondary N) is 1. The molecular formula is C23H25N5O5. The van der Waals surface area contributed by atoms with Gasteiger partial charge in [-0.3, -0.25) is 0 Å². The molecule has 0 radical (unpaired) electrons. The highest BCUT2D eigenvalue weighted by atomic mass is 16.7. The Kier molecular flexibility index (Phi) is 5.54. The van der Waals surface area contributed by atoms with Gasteiger partial charge in [-0.05, 0) is 47.5 Å². The molecule has 3 aromatic rings. The minimum absolute atomic E-state index is 0.0469. The first-order valence-corrected chi connectivity index (χ1v) is 11.2. The minimum atomic E-state index is -0.162. The Morgan fingerprint density at radius 3 is 2.82 bits per heavy atom. The lowest BCUT2D eigenvalue weighted by Crippen LogP contribution is -2.41. The highest BCUT2D eigenvalue weighted by Crippen LogP contribution is 2.38. The van der Waals surface area contributed by atoms with E-state index in [0.717, 1.165) is 19.4 Å². The van der Waals surface area contributed by atoms with Crippen LogP contribution in [0.25, 0.3) is 0 Å². The number of tetrazole rings is 1. The first kappa shape index (κ1) is 20.4. The smallest absolute Gasteiger partial charge is 0.341 e.